The zero-order chi connectivity index (χ0) is 17.5. The van der Waals surface area contributed by atoms with Crippen molar-refractivity contribution in [2.24, 2.45) is 0 Å². The Morgan fingerprint density at radius 3 is 2.56 bits per heavy atom. The first-order valence-corrected chi connectivity index (χ1v) is 8.25. The molecule has 0 atom stereocenters. The molecule has 1 N–H and O–H groups in total. The summed E-state index contributed by atoms with van der Waals surface area (Å²) in [7, 11) is 0. The van der Waals surface area contributed by atoms with Gasteiger partial charge in [0.25, 0.3) is 0 Å². The number of anilines is 1. The topological polar surface area (TPSA) is 56.2 Å². The molecular formula is C20H21N3O2. The highest BCUT2D eigenvalue weighted by atomic mass is 16.5. The molecule has 0 unspecified atom stereocenters. The Morgan fingerprint density at radius 1 is 1.12 bits per heavy atom. The van der Waals surface area contributed by atoms with E-state index in [4.69, 9.17) is 4.74 Å². The van der Waals surface area contributed by atoms with Gasteiger partial charge in [-0.2, -0.15) is 0 Å². The summed E-state index contributed by atoms with van der Waals surface area (Å²) in [6.07, 6.45) is 4.06. The van der Waals surface area contributed by atoms with Crippen LogP contribution in [0.15, 0.2) is 67.0 Å². The number of benzene rings is 2. The van der Waals surface area contributed by atoms with E-state index in [0.717, 1.165) is 29.4 Å². The number of carbonyl (C=O) groups is 1. The van der Waals surface area contributed by atoms with Gasteiger partial charge in [-0.3, -0.25) is 4.79 Å². The molecule has 128 valence electrons. The summed E-state index contributed by atoms with van der Waals surface area (Å²) in [4.78, 5) is 16.2. The molecule has 5 nitrogen and oxygen atoms in total. The SMILES string of the molecule is Cc1nccn1Cc1ccc(NC(=O)CCOc2ccccc2)cc1. The van der Waals surface area contributed by atoms with Gasteiger partial charge in [-0.15, -0.1) is 0 Å². The molecule has 0 fully saturated rings. The Morgan fingerprint density at radius 2 is 1.88 bits per heavy atom. The average molecular weight is 335 g/mol. The summed E-state index contributed by atoms with van der Waals surface area (Å²) in [5.41, 5.74) is 1.95. The molecule has 1 amide bonds. The highest BCUT2D eigenvalue weighted by molar-refractivity contribution is 5.90. The van der Waals surface area contributed by atoms with Gasteiger partial charge in [-0.1, -0.05) is 30.3 Å². The van der Waals surface area contributed by atoms with Crippen LogP contribution in [-0.4, -0.2) is 22.1 Å². The number of amides is 1. The summed E-state index contributed by atoms with van der Waals surface area (Å²) < 4.78 is 7.61. The largest absolute Gasteiger partial charge is 0.493 e. The number of ether oxygens (including phenoxy) is 1. The van der Waals surface area contributed by atoms with E-state index in [2.05, 4.69) is 14.9 Å². The molecule has 1 aromatic heterocycles. The summed E-state index contributed by atoms with van der Waals surface area (Å²) >= 11 is 0. The van der Waals surface area contributed by atoms with E-state index in [1.807, 2.05) is 67.7 Å². The van der Waals surface area contributed by atoms with Gasteiger partial charge in [0.15, 0.2) is 0 Å². The minimum absolute atomic E-state index is 0.0610. The fourth-order valence-electron chi connectivity index (χ4n) is 2.46. The predicted molar refractivity (Wildman–Crippen MR) is 97.7 cm³/mol. The lowest BCUT2D eigenvalue weighted by atomic mass is 10.2. The number of para-hydroxylation sites is 1. The van der Waals surface area contributed by atoms with Crippen molar-refractivity contribution in [3.63, 3.8) is 0 Å². The average Bonchev–Trinajstić information content (AvgIpc) is 3.02. The van der Waals surface area contributed by atoms with Crippen LogP contribution in [0.5, 0.6) is 5.75 Å². The van der Waals surface area contributed by atoms with Crippen LogP contribution in [0.3, 0.4) is 0 Å². The van der Waals surface area contributed by atoms with Crippen LogP contribution in [0.4, 0.5) is 5.69 Å². The zero-order valence-corrected chi connectivity index (χ0v) is 14.2. The monoisotopic (exact) mass is 335 g/mol. The first-order valence-electron chi connectivity index (χ1n) is 8.25. The van der Waals surface area contributed by atoms with Crippen LogP contribution < -0.4 is 10.1 Å². The molecule has 0 aliphatic rings. The quantitative estimate of drug-likeness (QED) is 0.717. The first-order chi connectivity index (χ1) is 12.2. The molecule has 0 saturated carbocycles. The number of carbonyl (C=O) groups excluding carboxylic acids is 1. The number of nitrogens with zero attached hydrogens (tertiary/aromatic N) is 2. The number of nitrogens with one attached hydrogen (secondary N) is 1. The van der Waals surface area contributed by atoms with Crippen molar-refractivity contribution in [1.82, 2.24) is 9.55 Å². The number of aromatic nitrogens is 2. The normalized spacial score (nSPS) is 10.4. The van der Waals surface area contributed by atoms with E-state index in [9.17, 15) is 4.79 Å². The molecule has 0 aliphatic carbocycles. The number of hydrogen-bond donors (Lipinski definition) is 1. The summed E-state index contributed by atoms with van der Waals surface area (Å²) in [5.74, 6) is 1.69. The minimum atomic E-state index is -0.0610. The lowest BCUT2D eigenvalue weighted by molar-refractivity contribution is -0.116. The van der Waals surface area contributed by atoms with Gasteiger partial charge in [0.2, 0.25) is 5.91 Å². The Labute approximate surface area is 147 Å². The fraction of sp³-hybridized carbons (Fsp3) is 0.200. The van der Waals surface area contributed by atoms with E-state index in [-0.39, 0.29) is 5.91 Å². The van der Waals surface area contributed by atoms with Crippen molar-refractivity contribution in [3.8, 4) is 5.75 Å². The molecular weight excluding hydrogens is 314 g/mol. The van der Waals surface area contributed by atoms with Gasteiger partial charge in [-0.25, -0.2) is 4.98 Å². The lowest BCUT2D eigenvalue weighted by Gasteiger charge is -2.09. The van der Waals surface area contributed by atoms with E-state index in [0.29, 0.717) is 13.0 Å². The van der Waals surface area contributed by atoms with E-state index < -0.39 is 0 Å². The van der Waals surface area contributed by atoms with E-state index in [1.165, 1.54) is 0 Å². The molecule has 0 radical (unpaired) electrons. The molecule has 2 aromatic carbocycles. The maximum absolute atomic E-state index is 12.0. The second-order valence-electron chi connectivity index (χ2n) is 5.76. The number of rotatable bonds is 7. The van der Waals surface area contributed by atoms with Gasteiger partial charge < -0.3 is 14.6 Å². The standard InChI is InChI=1S/C20H21N3O2/c1-16-21-12-13-23(16)15-17-7-9-18(10-8-17)22-20(24)11-14-25-19-5-3-2-4-6-19/h2-10,12-13H,11,14-15H2,1H3,(H,22,24). The molecule has 3 aromatic rings. The summed E-state index contributed by atoms with van der Waals surface area (Å²) in [6.45, 7) is 3.10. The van der Waals surface area contributed by atoms with Crippen molar-refractivity contribution < 1.29 is 9.53 Å². The lowest BCUT2D eigenvalue weighted by Crippen LogP contribution is -2.15. The third-order valence-corrected chi connectivity index (χ3v) is 3.86. The number of aryl methyl sites for hydroxylation is 1. The molecule has 0 spiro atoms. The molecule has 25 heavy (non-hydrogen) atoms. The molecule has 5 heteroatoms. The summed E-state index contributed by atoms with van der Waals surface area (Å²) in [6, 6.07) is 17.3. The van der Waals surface area contributed by atoms with Crippen molar-refractivity contribution in [3.05, 3.63) is 78.4 Å². The van der Waals surface area contributed by atoms with Gasteiger partial charge in [-0.05, 0) is 36.8 Å². The highest BCUT2D eigenvalue weighted by Gasteiger charge is 2.04. The highest BCUT2D eigenvalue weighted by Crippen LogP contribution is 2.12. The van der Waals surface area contributed by atoms with Gasteiger partial charge in [0.1, 0.15) is 11.6 Å². The third kappa shape index (κ3) is 4.94. The van der Waals surface area contributed by atoms with E-state index in [1.54, 1.807) is 6.20 Å². The summed E-state index contributed by atoms with van der Waals surface area (Å²) in [5, 5.41) is 2.89. The second kappa shape index (κ2) is 8.15. The van der Waals surface area contributed by atoms with Crippen molar-refractivity contribution >= 4 is 11.6 Å². The Balaban J connectivity index is 1.46. The van der Waals surface area contributed by atoms with Gasteiger partial charge in [0.05, 0.1) is 13.0 Å². The predicted octanol–water partition coefficient (Wildman–Crippen LogP) is 3.65. The minimum Gasteiger partial charge on any atom is -0.493 e. The Hall–Kier alpha value is -3.08. The van der Waals surface area contributed by atoms with Crippen LogP contribution >= 0.6 is 0 Å². The van der Waals surface area contributed by atoms with Crippen LogP contribution in [0.25, 0.3) is 0 Å². The third-order valence-electron chi connectivity index (χ3n) is 3.86. The molecule has 0 saturated heterocycles. The zero-order valence-electron chi connectivity index (χ0n) is 14.2. The molecule has 0 aliphatic heterocycles. The fourth-order valence-corrected chi connectivity index (χ4v) is 2.46. The van der Waals surface area contributed by atoms with E-state index >= 15 is 0 Å². The van der Waals surface area contributed by atoms with Crippen LogP contribution in [0.1, 0.15) is 17.8 Å². The van der Waals surface area contributed by atoms with Crippen molar-refractivity contribution in [2.75, 3.05) is 11.9 Å². The van der Waals surface area contributed by atoms with Gasteiger partial charge in [0, 0.05) is 24.6 Å². The first kappa shape index (κ1) is 16.8. The number of hydrogen-bond acceptors (Lipinski definition) is 3. The second-order valence-corrected chi connectivity index (χ2v) is 5.76. The van der Waals surface area contributed by atoms with Crippen molar-refractivity contribution in [2.45, 2.75) is 19.9 Å². The van der Waals surface area contributed by atoms with Gasteiger partial charge >= 0.3 is 0 Å². The van der Waals surface area contributed by atoms with Crippen LogP contribution in [0.2, 0.25) is 0 Å². The van der Waals surface area contributed by atoms with Crippen LogP contribution in [0, 0.1) is 6.92 Å². The maximum Gasteiger partial charge on any atom is 0.227 e. The molecule has 0 bridgehead atoms. The Bertz CT molecular complexity index is 810. The Kier molecular flexibility index (Phi) is 5.46. The maximum atomic E-state index is 12.0. The van der Waals surface area contributed by atoms with Crippen molar-refractivity contribution in [1.29, 1.82) is 0 Å². The smallest absolute Gasteiger partial charge is 0.227 e. The molecule has 3 rings (SSSR count). The number of imidazole rings is 1. The van der Waals surface area contributed by atoms with Crippen LogP contribution in [-0.2, 0) is 11.3 Å². The molecule has 1 heterocycles.